The van der Waals surface area contributed by atoms with Crippen LogP contribution in [-0.4, -0.2) is 59.5 Å². The van der Waals surface area contributed by atoms with Crippen LogP contribution in [0.4, 0.5) is 0 Å². The first-order valence-corrected chi connectivity index (χ1v) is 8.37. The van der Waals surface area contributed by atoms with E-state index in [1.165, 1.54) is 25.7 Å². The van der Waals surface area contributed by atoms with E-state index >= 15 is 0 Å². The second kappa shape index (κ2) is 5.64. The van der Waals surface area contributed by atoms with E-state index in [9.17, 15) is 4.79 Å². The van der Waals surface area contributed by atoms with Crippen molar-refractivity contribution in [3.8, 4) is 0 Å². The highest BCUT2D eigenvalue weighted by atomic mass is 16.2. The minimum Gasteiger partial charge on any atom is -0.336 e. The molecule has 0 aliphatic carbocycles. The number of carbonyl (C=O) groups is 1. The smallest absolute Gasteiger partial charge is 0.240 e. The van der Waals surface area contributed by atoms with E-state index in [0.717, 1.165) is 39.0 Å². The van der Waals surface area contributed by atoms with Gasteiger partial charge in [-0.2, -0.15) is 0 Å². The SMILES string of the molecule is CC1(C)CCCN1C(=O)C1CCCN1C1CCNCC1. The fourth-order valence-electron chi connectivity index (χ4n) is 4.33. The Kier molecular flexibility index (Phi) is 4.04. The third kappa shape index (κ3) is 2.60. The van der Waals surface area contributed by atoms with Crippen LogP contribution in [0.5, 0.6) is 0 Å². The second-order valence-corrected chi connectivity index (χ2v) is 7.28. The summed E-state index contributed by atoms with van der Waals surface area (Å²) in [7, 11) is 0. The summed E-state index contributed by atoms with van der Waals surface area (Å²) in [4.78, 5) is 17.7. The maximum Gasteiger partial charge on any atom is 0.240 e. The first-order chi connectivity index (χ1) is 9.59. The molecule has 3 heterocycles. The highest BCUT2D eigenvalue weighted by molar-refractivity contribution is 5.83. The molecule has 4 heteroatoms. The van der Waals surface area contributed by atoms with Crippen LogP contribution in [0.3, 0.4) is 0 Å². The molecule has 20 heavy (non-hydrogen) atoms. The molecule has 4 nitrogen and oxygen atoms in total. The van der Waals surface area contributed by atoms with Gasteiger partial charge in [0.25, 0.3) is 0 Å². The minimum atomic E-state index is 0.0689. The van der Waals surface area contributed by atoms with Crippen LogP contribution in [0.25, 0.3) is 0 Å². The molecular formula is C16H29N3O. The zero-order chi connectivity index (χ0) is 14.2. The number of amides is 1. The van der Waals surface area contributed by atoms with Gasteiger partial charge in [0.05, 0.1) is 6.04 Å². The third-order valence-corrected chi connectivity index (χ3v) is 5.52. The number of piperidine rings is 1. The van der Waals surface area contributed by atoms with Gasteiger partial charge in [-0.05, 0) is 72.0 Å². The molecular weight excluding hydrogens is 250 g/mol. The van der Waals surface area contributed by atoms with Crippen LogP contribution < -0.4 is 5.32 Å². The lowest BCUT2D eigenvalue weighted by atomic mass is 10.00. The van der Waals surface area contributed by atoms with Crippen molar-refractivity contribution in [2.24, 2.45) is 0 Å². The molecule has 114 valence electrons. The maximum atomic E-state index is 13.0. The molecule has 0 aromatic heterocycles. The van der Waals surface area contributed by atoms with Crippen molar-refractivity contribution in [2.75, 3.05) is 26.2 Å². The van der Waals surface area contributed by atoms with E-state index in [-0.39, 0.29) is 11.6 Å². The maximum absolute atomic E-state index is 13.0. The molecule has 3 aliphatic rings. The fourth-order valence-corrected chi connectivity index (χ4v) is 4.33. The number of hydrogen-bond donors (Lipinski definition) is 1. The molecule has 3 fully saturated rings. The average molecular weight is 279 g/mol. The van der Waals surface area contributed by atoms with Crippen molar-refractivity contribution in [1.29, 1.82) is 0 Å². The van der Waals surface area contributed by atoms with Crippen LogP contribution in [0.2, 0.25) is 0 Å². The Morgan fingerprint density at radius 1 is 1.10 bits per heavy atom. The summed E-state index contributed by atoms with van der Waals surface area (Å²) in [5.41, 5.74) is 0.0689. The molecule has 1 N–H and O–H groups in total. The van der Waals surface area contributed by atoms with Crippen LogP contribution in [0.1, 0.15) is 52.4 Å². The average Bonchev–Trinajstić information content (AvgIpc) is 3.05. The number of hydrogen-bond acceptors (Lipinski definition) is 3. The molecule has 1 atom stereocenters. The first-order valence-electron chi connectivity index (χ1n) is 8.37. The van der Waals surface area contributed by atoms with E-state index in [4.69, 9.17) is 0 Å². The Balaban J connectivity index is 1.70. The summed E-state index contributed by atoms with van der Waals surface area (Å²) in [5, 5.41) is 3.43. The van der Waals surface area contributed by atoms with Gasteiger partial charge in [-0.3, -0.25) is 9.69 Å². The zero-order valence-corrected chi connectivity index (χ0v) is 13.0. The van der Waals surface area contributed by atoms with Crippen molar-refractivity contribution in [1.82, 2.24) is 15.1 Å². The lowest BCUT2D eigenvalue weighted by Gasteiger charge is -2.39. The van der Waals surface area contributed by atoms with E-state index in [2.05, 4.69) is 29.0 Å². The number of likely N-dealkylation sites (tertiary alicyclic amines) is 2. The molecule has 3 saturated heterocycles. The first kappa shape index (κ1) is 14.3. The van der Waals surface area contributed by atoms with E-state index < -0.39 is 0 Å². The summed E-state index contributed by atoms with van der Waals surface area (Å²) >= 11 is 0. The molecule has 1 amide bonds. The lowest BCUT2D eigenvalue weighted by molar-refractivity contribution is -0.140. The van der Waals surface area contributed by atoms with Gasteiger partial charge in [0.1, 0.15) is 0 Å². The number of nitrogens with one attached hydrogen (secondary N) is 1. The summed E-state index contributed by atoms with van der Waals surface area (Å²) in [6.07, 6.45) is 6.97. The molecule has 3 rings (SSSR count). The van der Waals surface area contributed by atoms with Gasteiger partial charge in [0.15, 0.2) is 0 Å². The van der Waals surface area contributed by atoms with Crippen molar-refractivity contribution < 1.29 is 4.79 Å². The van der Waals surface area contributed by atoms with Gasteiger partial charge in [-0.1, -0.05) is 0 Å². The molecule has 3 aliphatic heterocycles. The van der Waals surface area contributed by atoms with Gasteiger partial charge in [0.2, 0.25) is 5.91 Å². The predicted molar refractivity (Wildman–Crippen MR) is 80.6 cm³/mol. The van der Waals surface area contributed by atoms with Crippen LogP contribution in [0, 0.1) is 0 Å². The Hall–Kier alpha value is -0.610. The molecule has 0 saturated carbocycles. The Labute approximate surface area is 122 Å². The highest BCUT2D eigenvalue weighted by Crippen LogP contribution is 2.32. The molecule has 0 aromatic rings. The second-order valence-electron chi connectivity index (χ2n) is 7.28. The van der Waals surface area contributed by atoms with Crippen LogP contribution in [0.15, 0.2) is 0 Å². The predicted octanol–water partition coefficient (Wildman–Crippen LogP) is 1.60. The van der Waals surface area contributed by atoms with Gasteiger partial charge in [-0.25, -0.2) is 0 Å². The Morgan fingerprint density at radius 3 is 2.50 bits per heavy atom. The van der Waals surface area contributed by atoms with Gasteiger partial charge in [0, 0.05) is 18.1 Å². The normalized spacial score (nSPS) is 31.9. The van der Waals surface area contributed by atoms with Crippen LogP contribution in [-0.2, 0) is 4.79 Å². The van der Waals surface area contributed by atoms with Crippen molar-refractivity contribution >= 4 is 5.91 Å². The van der Waals surface area contributed by atoms with Crippen molar-refractivity contribution in [3.63, 3.8) is 0 Å². The summed E-state index contributed by atoms with van der Waals surface area (Å²) in [5.74, 6) is 0.406. The molecule has 0 aromatic carbocycles. The molecule has 0 radical (unpaired) electrons. The zero-order valence-electron chi connectivity index (χ0n) is 13.0. The molecule has 1 unspecified atom stereocenters. The minimum absolute atomic E-state index is 0.0689. The van der Waals surface area contributed by atoms with Crippen LogP contribution >= 0.6 is 0 Å². The summed E-state index contributed by atoms with van der Waals surface area (Å²) in [6.45, 7) is 8.75. The molecule has 0 spiro atoms. The number of nitrogens with zero attached hydrogens (tertiary/aromatic N) is 2. The number of carbonyl (C=O) groups excluding carboxylic acids is 1. The largest absolute Gasteiger partial charge is 0.336 e. The topological polar surface area (TPSA) is 35.6 Å². The van der Waals surface area contributed by atoms with E-state index in [0.29, 0.717) is 11.9 Å². The summed E-state index contributed by atoms with van der Waals surface area (Å²) in [6, 6.07) is 0.786. The number of rotatable bonds is 2. The van der Waals surface area contributed by atoms with Gasteiger partial charge in [-0.15, -0.1) is 0 Å². The third-order valence-electron chi connectivity index (χ3n) is 5.52. The van der Waals surface area contributed by atoms with E-state index in [1.54, 1.807) is 0 Å². The quantitative estimate of drug-likeness (QED) is 0.834. The monoisotopic (exact) mass is 279 g/mol. The highest BCUT2D eigenvalue weighted by Gasteiger charge is 2.43. The fraction of sp³-hybridized carbons (Fsp3) is 0.938. The standard InChI is InChI=1S/C16H29N3O/c1-16(2)8-4-12-19(16)15(20)14-5-3-11-18(14)13-6-9-17-10-7-13/h13-14,17H,3-12H2,1-2H3. The van der Waals surface area contributed by atoms with Gasteiger partial charge >= 0.3 is 0 Å². The lowest BCUT2D eigenvalue weighted by Crippen LogP contribution is -2.54. The Morgan fingerprint density at radius 2 is 1.85 bits per heavy atom. The van der Waals surface area contributed by atoms with E-state index in [1.807, 2.05) is 0 Å². The van der Waals surface area contributed by atoms with Crippen molar-refractivity contribution in [2.45, 2.75) is 70.0 Å². The Bertz CT molecular complexity index is 363. The van der Waals surface area contributed by atoms with Crippen molar-refractivity contribution in [3.05, 3.63) is 0 Å². The molecule has 0 bridgehead atoms. The summed E-state index contributed by atoms with van der Waals surface area (Å²) < 4.78 is 0. The van der Waals surface area contributed by atoms with Gasteiger partial charge < -0.3 is 10.2 Å².